The highest BCUT2D eigenvalue weighted by Crippen LogP contribution is 2.35. The van der Waals surface area contributed by atoms with Gasteiger partial charge in [0.1, 0.15) is 5.92 Å². The summed E-state index contributed by atoms with van der Waals surface area (Å²) in [7, 11) is 0. The van der Waals surface area contributed by atoms with Crippen molar-refractivity contribution in [2.75, 3.05) is 0 Å². The SMILES string of the molecule is O=C1C(Br)=CN=C2C1=CC=CC2C(F)(F)F. The van der Waals surface area contributed by atoms with E-state index < -0.39 is 17.9 Å². The molecule has 2 rings (SSSR count). The van der Waals surface area contributed by atoms with Crippen LogP contribution < -0.4 is 0 Å². The van der Waals surface area contributed by atoms with Gasteiger partial charge in [-0.1, -0.05) is 12.2 Å². The van der Waals surface area contributed by atoms with Gasteiger partial charge < -0.3 is 0 Å². The number of allylic oxidation sites excluding steroid dienone is 5. The minimum absolute atomic E-state index is 0.000741. The first kappa shape index (κ1) is 11.3. The van der Waals surface area contributed by atoms with Crippen LogP contribution in [-0.4, -0.2) is 17.7 Å². The fraction of sp³-hybridized carbons (Fsp3) is 0.200. The summed E-state index contributed by atoms with van der Waals surface area (Å²) in [5.74, 6) is -2.27. The minimum Gasteiger partial charge on any atom is -0.288 e. The third-order valence-corrected chi connectivity index (χ3v) is 2.83. The molecule has 1 atom stereocenters. The number of nitrogens with zero attached hydrogens (tertiary/aromatic N) is 1. The largest absolute Gasteiger partial charge is 0.400 e. The fourth-order valence-corrected chi connectivity index (χ4v) is 1.84. The normalized spacial score (nSPS) is 24.6. The van der Waals surface area contributed by atoms with E-state index in [4.69, 9.17) is 0 Å². The number of hydrogen-bond donors (Lipinski definition) is 0. The maximum Gasteiger partial charge on any atom is 0.400 e. The molecule has 1 aliphatic heterocycles. The summed E-state index contributed by atoms with van der Waals surface area (Å²) in [5.41, 5.74) is -0.234. The summed E-state index contributed by atoms with van der Waals surface area (Å²) >= 11 is 2.94. The lowest BCUT2D eigenvalue weighted by Crippen LogP contribution is -2.34. The van der Waals surface area contributed by atoms with Gasteiger partial charge in [0.05, 0.1) is 10.2 Å². The van der Waals surface area contributed by atoms with Gasteiger partial charge in [0.15, 0.2) is 0 Å². The van der Waals surface area contributed by atoms with Crippen LogP contribution in [0, 0.1) is 5.92 Å². The van der Waals surface area contributed by atoms with E-state index in [-0.39, 0.29) is 15.8 Å². The molecule has 0 aromatic heterocycles. The molecule has 84 valence electrons. The van der Waals surface area contributed by atoms with Gasteiger partial charge in [0.25, 0.3) is 0 Å². The number of halogens is 4. The second kappa shape index (κ2) is 3.69. The van der Waals surface area contributed by atoms with E-state index in [1.807, 2.05) is 0 Å². The van der Waals surface area contributed by atoms with Gasteiger partial charge in [-0.15, -0.1) is 0 Å². The summed E-state index contributed by atoms with van der Waals surface area (Å²) in [5, 5.41) is 0. The standard InChI is InChI=1S/C10H5BrF3NO/c11-7-4-15-8-5(9(7)16)2-1-3-6(8)10(12,13)14/h1-4,6H. The highest BCUT2D eigenvalue weighted by Gasteiger charge is 2.45. The van der Waals surface area contributed by atoms with Crippen LogP contribution in [0.25, 0.3) is 0 Å². The highest BCUT2D eigenvalue weighted by atomic mass is 79.9. The molecule has 0 fully saturated rings. The number of carbonyl (C=O) groups excluding carboxylic acids is 1. The predicted molar refractivity (Wildman–Crippen MR) is 56.2 cm³/mol. The Balaban J connectivity index is 2.49. The maximum absolute atomic E-state index is 12.6. The zero-order chi connectivity index (χ0) is 11.9. The van der Waals surface area contributed by atoms with Crippen molar-refractivity contribution in [2.24, 2.45) is 10.9 Å². The van der Waals surface area contributed by atoms with Gasteiger partial charge in [-0.25, -0.2) is 0 Å². The number of ketones is 1. The first-order valence-corrected chi connectivity index (χ1v) is 5.14. The van der Waals surface area contributed by atoms with Crippen molar-refractivity contribution in [3.63, 3.8) is 0 Å². The molecule has 1 heterocycles. The molecular formula is C10H5BrF3NO. The minimum atomic E-state index is -4.42. The van der Waals surface area contributed by atoms with E-state index in [1.54, 1.807) is 0 Å². The van der Waals surface area contributed by atoms with Gasteiger partial charge in [-0.3, -0.25) is 9.79 Å². The van der Waals surface area contributed by atoms with Crippen molar-refractivity contribution < 1.29 is 18.0 Å². The number of fused-ring (bicyclic) bond motifs is 1. The second-order valence-electron chi connectivity index (χ2n) is 3.31. The Morgan fingerprint density at radius 2 is 2.06 bits per heavy atom. The van der Waals surface area contributed by atoms with Crippen LogP contribution >= 0.6 is 15.9 Å². The number of Topliss-reactive ketones (excluding diaryl/α,β-unsaturated/α-hetero) is 1. The van der Waals surface area contributed by atoms with Gasteiger partial charge >= 0.3 is 6.18 Å². The zero-order valence-corrected chi connectivity index (χ0v) is 9.34. The molecule has 0 amide bonds. The van der Waals surface area contributed by atoms with Crippen LogP contribution in [0.1, 0.15) is 0 Å². The number of carbonyl (C=O) groups is 1. The molecule has 6 heteroatoms. The molecule has 0 bridgehead atoms. The van der Waals surface area contributed by atoms with Crippen molar-refractivity contribution >= 4 is 27.4 Å². The smallest absolute Gasteiger partial charge is 0.288 e. The lowest BCUT2D eigenvalue weighted by molar-refractivity contribution is -0.143. The van der Waals surface area contributed by atoms with E-state index in [9.17, 15) is 18.0 Å². The number of aliphatic imine (C=N–C) groups is 1. The molecule has 16 heavy (non-hydrogen) atoms. The maximum atomic E-state index is 12.6. The van der Waals surface area contributed by atoms with Crippen molar-refractivity contribution in [1.82, 2.24) is 0 Å². The third-order valence-electron chi connectivity index (χ3n) is 2.27. The van der Waals surface area contributed by atoms with E-state index in [0.29, 0.717) is 0 Å². The Kier molecular flexibility index (Phi) is 2.61. The molecule has 0 saturated carbocycles. The van der Waals surface area contributed by atoms with Crippen LogP contribution in [0.2, 0.25) is 0 Å². The highest BCUT2D eigenvalue weighted by molar-refractivity contribution is 9.12. The molecule has 0 saturated heterocycles. The van der Waals surface area contributed by atoms with Crippen LogP contribution in [0.5, 0.6) is 0 Å². The Bertz CT molecular complexity index is 471. The quantitative estimate of drug-likeness (QED) is 0.675. The Morgan fingerprint density at radius 1 is 1.38 bits per heavy atom. The fourth-order valence-electron chi connectivity index (χ4n) is 1.53. The molecule has 0 N–H and O–H groups in total. The first-order valence-electron chi connectivity index (χ1n) is 4.35. The first-order chi connectivity index (χ1) is 7.41. The van der Waals surface area contributed by atoms with Gasteiger partial charge in [-0.05, 0) is 22.0 Å². The van der Waals surface area contributed by atoms with Crippen molar-refractivity contribution in [1.29, 1.82) is 0 Å². The molecule has 0 spiro atoms. The summed E-state index contributed by atoms with van der Waals surface area (Å²) in [6.07, 6.45) is 0.246. The number of hydrogen-bond acceptors (Lipinski definition) is 2. The number of alkyl halides is 3. The zero-order valence-electron chi connectivity index (χ0n) is 7.75. The number of rotatable bonds is 0. The summed E-state index contributed by atoms with van der Waals surface area (Å²) in [4.78, 5) is 15.2. The van der Waals surface area contributed by atoms with Crippen molar-refractivity contribution in [2.45, 2.75) is 6.18 Å². The molecular weight excluding hydrogens is 287 g/mol. The molecule has 2 aliphatic rings. The van der Waals surface area contributed by atoms with Gasteiger partial charge in [0, 0.05) is 11.8 Å². The van der Waals surface area contributed by atoms with Crippen LogP contribution in [0.4, 0.5) is 13.2 Å². The Morgan fingerprint density at radius 3 is 2.69 bits per heavy atom. The van der Waals surface area contributed by atoms with E-state index in [1.165, 1.54) is 12.2 Å². The average molecular weight is 292 g/mol. The molecule has 1 unspecified atom stereocenters. The van der Waals surface area contributed by atoms with Crippen molar-refractivity contribution in [3.05, 3.63) is 34.5 Å². The second-order valence-corrected chi connectivity index (χ2v) is 4.16. The average Bonchev–Trinajstić information content (AvgIpc) is 2.21. The van der Waals surface area contributed by atoms with Gasteiger partial charge in [-0.2, -0.15) is 13.2 Å². The van der Waals surface area contributed by atoms with Crippen LogP contribution in [-0.2, 0) is 4.79 Å². The summed E-state index contributed by atoms with van der Waals surface area (Å²) in [6.45, 7) is 0. The Hall–Kier alpha value is -1.17. The van der Waals surface area contributed by atoms with Crippen molar-refractivity contribution in [3.8, 4) is 0 Å². The monoisotopic (exact) mass is 291 g/mol. The van der Waals surface area contributed by atoms with Gasteiger partial charge in [0.2, 0.25) is 5.78 Å². The molecule has 2 nitrogen and oxygen atoms in total. The predicted octanol–water partition coefficient (Wildman–Crippen LogP) is 2.92. The van der Waals surface area contributed by atoms with E-state index >= 15 is 0 Å². The third kappa shape index (κ3) is 1.77. The van der Waals surface area contributed by atoms with Crippen LogP contribution in [0.15, 0.2) is 39.5 Å². The lowest BCUT2D eigenvalue weighted by atomic mass is 9.88. The summed E-state index contributed by atoms with van der Waals surface area (Å²) in [6, 6.07) is 0. The summed E-state index contributed by atoms with van der Waals surface area (Å²) < 4.78 is 38.1. The van der Waals surface area contributed by atoms with E-state index in [0.717, 1.165) is 12.3 Å². The lowest BCUT2D eigenvalue weighted by Gasteiger charge is -2.24. The molecule has 1 aliphatic carbocycles. The molecule has 0 radical (unpaired) electrons. The molecule has 0 aromatic carbocycles. The topological polar surface area (TPSA) is 29.4 Å². The molecule has 0 aromatic rings. The van der Waals surface area contributed by atoms with Crippen LogP contribution in [0.3, 0.4) is 0 Å². The van der Waals surface area contributed by atoms with E-state index in [2.05, 4.69) is 20.9 Å². The Labute approximate surface area is 97.4 Å².